The van der Waals surface area contributed by atoms with Gasteiger partial charge in [-0.2, -0.15) is 0 Å². The Morgan fingerprint density at radius 1 is 1.38 bits per heavy atom. The molecule has 112 valence electrons. The van der Waals surface area contributed by atoms with Gasteiger partial charge in [-0.1, -0.05) is 15.9 Å². The first-order valence-corrected chi connectivity index (χ1v) is 7.80. The molecule has 1 aromatic heterocycles. The van der Waals surface area contributed by atoms with Gasteiger partial charge >= 0.3 is 0 Å². The molecule has 1 aromatic carbocycles. The van der Waals surface area contributed by atoms with E-state index in [1.165, 1.54) is 18.9 Å². The lowest BCUT2D eigenvalue weighted by atomic mass is 10.2. The van der Waals surface area contributed by atoms with Crippen molar-refractivity contribution in [2.24, 2.45) is 0 Å². The van der Waals surface area contributed by atoms with Crippen molar-refractivity contribution in [3.05, 3.63) is 51.6 Å². The van der Waals surface area contributed by atoms with Crippen LogP contribution in [0.2, 0.25) is 0 Å². The molecule has 1 N–H and O–H groups in total. The Balaban J connectivity index is 1.60. The molecule has 0 aliphatic heterocycles. The Labute approximate surface area is 131 Å². The number of halogens is 2. The third kappa shape index (κ3) is 3.86. The summed E-state index contributed by atoms with van der Waals surface area (Å²) in [6, 6.07) is 7.37. The van der Waals surface area contributed by atoms with Crippen molar-refractivity contribution in [2.75, 3.05) is 0 Å². The Bertz CT molecular complexity index is 637. The average Bonchev–Trinajstić information content (AvgIpc) is 3.20. The van der Waals surface area contributed by atoms with Crippen LogP contribution in [0.4, 0.5) is 4.39 Å². The first-order valence-electron chi connectivity index (χ1n) is 7.01. The zero-order valence-electron chi connectivity index (χ0n) is 11.8. The van der Waals surface area contributed by atoms with Crippen LogP contribution in [0.15, 0.2) is 33.2 Å². The standard InChI is InChI=1S/C16H17BrFNO2/c1-10-11(8-19-13-3-4-13)6-14(21-10)9-20-16-5-2-12(17)7-15(16)18/h2,5-7,13,19H,3-4,8-9H2,1H3. The maximum absolute atomic E-state index is 13.7. The Morgan fingerprint density at radius 2 is 2.19 bits per heavy atom. The summed E-state index contributed by atoms with van der Waals surface area (Å²) < 4.78 is 25.5. The molecule has 1 saturated carbocycles. The summed E-state index contributed by atoms with van der Waals surface area (Å²) in [7, 11) is 0. The predicted octanol–water partition coefficient (Wildman–Crippen LogP) is 4.32. The topological polar surface area (TPSA) is 34.4 Å². The molecule has 1 aliphatic rings. The largest absolute Gasteiger partial charge is 0.483 e. The summed E-state index contributed by atoms with van der Waals surface area (Å²) in [5, 5.41) is 3.45. The van der Waals surface area contributed by atoms with Gasteiger partial charge in [0.05, 0.1) is 0 Å². The van der Waals surface area contributed by atoms with Crippen LogP contribution in [0.5, 0.6) is 5.75 Å². The molecule has 0 atom stereocenters. The van der Waals surface area contributed by atoms with Gasteiger partial charge in [-0.15, -0.1) is 0 Å². The van der Waals surface area contributed by atoms with E-state index in [1.54, 1.807) is 12.1 Å². The highest BCUT2D eigenvalue weighted by molar-refractivity contribution is 9.10. The Kier molecular flexibility index (Phi) is 4.31. The number of hydrogen-bond acceptors (Lipinski definition) is 3. The fourth-order valence-electron chi connectivity index (χ4n) is 2.12. The van der Waals surface area contributed by atoms with Gasteiger partial charge in [-0.05, 0) is 44.0 Å². The minimum atomic E-state index is -0.386. The molecule has 0 unspecified atom stereocenters. The van der Waals surface area contributed by atoms with E-state index in [1.807, 2.05) is 13.0 Å². The first-order chi connectivity index (χ1) is 10.1. The number of aryl methyl sites for hydroxylation is 1. The van der Waals surface area contributed by atoms with Crippen molar-refractivity contribution in [2.45, 2.75) is 39.0 Å². The lowest BCUT2D eigenvalue weighted by Gasteiger charge is -2.05. The van der Waals surface area contributed by atoms with E-state index in [2.05, 4.69) is 21.2 Å². The van der Waals surface area contributed by atoms with Gasteiger partial charge in [-0.3, -0.25) is 0 Å². The SMILES string of the molecule is Cc1oc(COc2ccc(Br)cc2F)cc1CNC1CC1. The van der Waals surface area contributed by atoms with E-state index < -0.39 is 0 Å². The third-order valence-corrected chi connectivity index (χ3v) is 3.99. The average molecular weight is 354 g/mol. The molecule has 1 heterocycles. The summed E-state index contributed by atoms with van der Waals surface area (Å²) >= 11 is 3.22. The molecule has 0 amide bonds. The fraction of sp³-hybridized carbons (Fsp3) is 0.375. The highest BCUT2D eigenvalue weighted by Crippen LogP contribution is 2.24. The second kappa shape index (κ2) is 6.20. The number of nitrogens with one attached hydrogen (secondary N) is 1. The van der Waals surface area contributed by atoms with Crippen LogP contribution in [0, 0.1) is 12.7 Å². The van der Waals surface area contributed by atoms with Gasteiger partial charge in [0.1, 0.15) is 18.1 Å². The quantitative estimate of drug-likeness (QED) is 0.839. The van der Waals surface area contributed by atoms with Crippen molar-refractivity contribution < 1.29 is 13.5 Å². The molecule has 3 nitrogen and oxygen atoms in total. The molecule has 2 aromatic rings. The molecule has 21 heavy (non-hydrogen) atoms. The van der Waals surface area contributed by atoms with E-state index in [0.717, 1.165) is 17.9 Å². The zero-order valence-corrected chi connectivity index (χ0v) is 13.4. The lowest BCUT2D eigenvalue weighted by Crippen LogP contribution is -2.15. The van der Waals surface area contributed by atoms with Crippen LogP contribution in [0.25, 0.3) is 0 Å². The number of hydrogen-bond donors (Lipinski definition) is 1. The lowest BCUT2D eigenvalue weighted by molar-refractivity contribution is 0.256. The molecule has 0 spiro atoms. The van der Waals surface area contributed by atoms with Gasteiger partial charge in [0.25, 0.3) is 0 Å². The molecule has 3 rings (SSSR count). The molecule has 0 bridgehead atoms. The molecule has 1 aliphatic carbocycles. The number of ether oxygens (including phenoxy) is 1. The molecule has 0 saturated heterocycles. The smallest absolute Gasteiger partial charge is 0.166 e. The minimum absolute atomic E-state index is 0.225. The molecule has 5 heteroatoms. The Hall–Kier alpha value is -1.33. The summed E-state index contributed by atoms with van der Waals surface area (Å²) in [6.07, 6.45) is 2.52. The molecular weight excluding hydrogens is 337 g/mol. The maximum Gasteiger partial charge on any atom is 0.166 e. The summed E-state index contributed by atoms with van der Waals surface area (Å²) in [4.78, 5) is 0. The van der Waals surface area contributed by atoms with Crippen LogP contribution in [0.3, 0.4) is 0 Å². The second-order valence-corrected chi connectivity index (χ2v) is 6.23. The van der Waals surface area contributed by atoms with Crippen LogP contribution in [-0.4, -0.2) is 6.04 Å². The number of furan rings is 1. The summed E-state index contributed by atoms with van der Waals surface area (Å²) in [5.74, 6) is 1.44. The van der Waals surface area contributed by atoms with Gasteiger partial charge in [0.2, 0.25) is 0 Å². The van der Waals surface area contributed by atoms with Crippen molar-refractivity contribution in [3.8, 4) is 5.75 Å². The Morgan fingerprint density at radius 3 is 2.90 bits per heavy atom. The molecule has 0 radical (unpaired) electrons. The van der Waals surface area contributed by atoms with Gasteiger partial charge < -0.3 is 14.5 Å². The molecule has 1 fully saturated rings. The number of rotatable bonds is 6. The van der Waals surface area contributed by atoms with Crippen molar-refractivity contribution >= 4 is 15.9 Å². The van der Waals surface area contributed by atoms with E-state index in [-0.39, 0.29) is 18.2 Å². The van der Waals surface area contributed by atoms with E-state index in [9.17, 15) is 4.39 Å². The third-order valence-electron chi connectivity index (χ3n) is 3.49. The van der Waals surface area contributed by atoms with Crippen molar-refractivity contribution in [3.63, 3.8) is 0 Å². The van der Waals surface area contributed by atoms with Gasteiger partial charge in [-0.25, -0.2) is 4.39 Å². The van der Waals surface area contributed by atoms with E-state index in [0.29, 0.717) is 16.3 Å². The molecular formula is C16H17BrFNO2. The van der Waals surface area contributed by atoms with E-state index in [4.69, 9.17) is 9.15 Å². The monoisotopic (exact) mass is 353 g/mol. The van der Waals surface area contributed by atoms with Crippen molar-refractivity contribution in [1.82, 2.24) is 5.32 Å². The highest BCUT2D eigenvalue weighted by atomic mass is 79.9. The van der Waals surface area contributed by atoms with Crippen LogP contribution in [-0.2, 0) is 13.2 Å². The van der Waals surface area contributed by atoms with Crippen LogP contribution >= 0.6 is 15.9 Å². The fourth-order valence-corrected chi connectivity index (χ4v) is 2.45. The maximum atomic E-state index is 13.7. The van der Waals surface area contributed by atoms with Gasteiger partial charge in [0, 0.05) is 22.6 Å². The summed E-state index contributed by atoms with van der Waals surface area (Å²) in [5.41, 5.74) is 1.14. The van der Waals surface area contributed by atoms with Crippen LogP contribution in [0.1, 0.15) is 29.9 Å². The number of benzene rings is 1. The van der Waals surface area contributed by atoms with Gasteiger partial charge in [0.15, 0.2) is 11.6 Å². The highest BCUT2D eigenvalue weighted by Gasteiger charge is 2.21. The van der Waals surface area contributed by atoms with Crippen LogP contribution < -0.4 is 10.1 Å². The minimum Gasteiger partial charge on any atom is -0.483 e. The van der Waals surface area contributed by atoms with Crippen molar-refractivity contribution in [1.29, 1.82) is 0 Å². The normalized spacial score (nSPS) is 14.4. The zero-order chi connectivity index (χ0) is 14.8. The second-order valence-electron chi connectivity index (χ2n) is 5.31. The first kappa shape index (κ1) is 14.6. The van der Waals surface area contributed by atoms with E-state index >= 15 is 0 Å². The summed E-state index contributed by atoms with van der Waals surface area (Å²) in [6.45, 7) is 2.98. The predicted molar refractivity (Wildman–Crippen MR) is 81.7 cm³/mol.